The molecule has 2 aromatic carbocycles. The molecule has 31 heavy (non-hydrogen) atoms. The Morgan fingerprint density at radius 1 is 1.00 bits per heavy atom. The molecule has 0 aliphatic carbocycles. The zero-order valence-electron chi connectivity index (χ0n) is 17.2. The molecule has 2 amide bonds. The summed E-state index contributed by atoms with van der Waals surface area (Å²) in [5, 5.41) is 11.5. The quantitative estimate of drug-likeness (QED) is 0.465. The first kappa shape index (κ1) is 23.4. The molecular formula is C22H24N2O7. The second-order valence-electron chi connectivity index (χ2n) is 6.67. The van der Waals surface area contributed by atoms with Crippen molar-refractivity contribution < 1.29 is 33.8 Å². The Balaban J connectivity index is 1.99. The van der Waals surface area contributed by atoms with Crippen molar-refractivity contribution in [3.8, 4) is 0 Å². The molecule has 1 atom stereocenters. The zero-order chi connectivity index (χ0) is 22.8. The van der Waals surface area contributed by atoms with E-state index in [1.54, 1.807) is 24.3 Å². The number of esters is 1. The number of carboxylic acid groups (broad SMARTS) is 1. The van der Waals surface area contributed by atoms with Gasteiger partial charge in [0.15, 0.2) is 0 Å². The number of hydrogen-bond donors (Lipinski definition) is 2. The summed E-state index contributed by atoms with van der Waals surface area (Å²) in [6.45, 7) is 1.60. The van der Waals surface area contributed by atoms with Gasteiger partial charge in [0.25, 0.3) is 0 Å². The fourth-order valence-corrected chi connectivity index (χ4v) is 2.74. The van der Waals surface area contributed by atoms with Gasteiger partial charge in [-0.15, -0.1) is 0 Å². The van der Waals surface area contributed by atoms with Gasteiger partial charge < -0.3 is 19.5 Å². The van der Waals surface area contributed by atoms with E-state index in [9.17, 15) is 19.2 Å². The van der Waals surface area contributed by atoms with Crippen molar-refractivity contribution in [3.05, 3.63) is 65.7 Å². The molecule has 1 unspecified atom stereocenters. The third kappa shape index (κ3) is 7.46. The summed E-state index contributed by atoms with van der Waals surface area (Å²) < 4.78 is 9.82. The molecule has 9 heteroatoms. The number of nitrogens with one attached hydrogen (secondary N) is 1. The molecule has 0 saturated heterocycles. The van der Waals surface area contributed by atoms with Crippen molar-refractivity contribution in [1.29, 1.82) is 0 Å². The fraction of sp³-hybridized carbons (Fsp3) is 0.273. The zero-order valence-corrected chi connectivity index (χ0v) is 17.2. The summed E-state index contributed by atoms with van der Waals surface area (Å²) in [5.74, 6) is -2.66. The van der Waals surface area contributed by atoms with Gasteiger partial charge in [0.2, 0.25) is 5.91 Å². The Morgan fingerprint density at radius 2 is 1.65 bits per heavy atom. The standard InChI is InChI=1S/C22H24N2O7/c1-15(21(28)30-2)24(19(25)12-20(26)27)13-16-8-10-18(11-9-16)23-22(29)31-14-17-6-4-3-5-7-17/h3-11,15H,12-14H2,1-2H3,(H,23,29)(H,26,27). The first-order chi connectivity index (χ1) is 14.8. The minimum Gasteiger partial charge on any atom is -0.481 e. The van der Waals surface area contributed by atoms with Crippen molar-refractivity contribution in [2.45, 2.75) is 32.5 Å². The Bertz CT molecular complexity index is 913. The van der Waals surface area contributed by atoms with Gasteiger partial charge in [-0.3, -0.25) is 14.9 Å². The van der Waals surface area contributed by atoms with Crippen LogP contribution in [0.3, 0.4) is 0 Å². The van der Waals surface area contributed by atoms with Crippen molar-refractivity contribution >= 4 is 29.6 Å². The van der Waals surface area contributed by atoms with Gasteiger partial charge in [-0.05, 0) is 30.2 Å². The molecule has 9 nitrogen and oxygen atoms in total. The molecule has 0 aliphatic heterocycles. The molecule has 0 heterocycles. The number of aliphatic carboxylic acids is 1. The average Bonchev–Trinajstić information content (AvgIpc) is 2.76. The highest BCUT2D eigenvalue weighted by Gasteiger charge is 2.28. The van der Waals surface area contributed by atoms with Crippen molar-refractivity contribution in [2.24, 2.45) is 0 Å². The van der Waals surface area contributed by atoms with E-state index in [1.165, 1.54) is 14.0 Å². The second-order valence-corrected chi connectivity index (χ2v) is 6.67. The average molecular weight is 428 g/mol. The minimum absolute atomic E-state index is 0.00110. The van der Waals surface area contributed by atoms with Gasteiger partial charge in [0, 0.05) is 12.2 Å². The molecule has 2 N–H and O–H groups in total. The molecular weight excluding hydrogens is 404 g/mol. The third-order valence-corrected chi connectivity index (χ3v) is 4.40. The maximum atomic E-state index is 12.3. The molecule has 2 rings (SSSR count). The molecule has 0 saturated carbocycles. The molecule has 0 radical (unpaired) electrons. The van der Waals surface area contributed by atoms with Crippen LogP contribution in [0.5, 0.6) is 0 Å². The number of methoxy groups -OCH3 is 1. The van der Waals surface area contributed by atoms with Gasteiger partial charge in [0.1, 0.15) is 19.1 Å². The molecule has 164 valence electrons. The lowest BCUT2D eigenvalue weighted by Gasteiger charge is -2.27. The third-order valence-electron chi connectivity index (χ3n) is 4.40. The topological polar surface area (TPSA) is 122 Å². The SMILES string of the molecule is COC(=O)C(C)N(Cc1ccc(NC(=O)OCc2ccccc2)cc1)C(=O)CC(=O)O. The summed E-state index contributed by atoms with van der Waals surface area (Å²) >= 11 is 0. The van der Waals surface area contributed by atoms with Crippen LogP contribution in [-0.4, -0.2) is 47.1 Å². The summed E-state index contributed by atoms with van der Waals surface area (Å²) in [6.07, 6.45) is -1.36. The van der Waals surface area contributed by atoms with E-state index < -0.39 is 36.4 Å². The molecule has 0 spiro atoms. The number of ether oxygens (including phenoxy) is 2. The Hall–Kier alpha value is -3.88. The Labute approximate surface area is 179 Å². The van der Waals surface area contributed by atoms with E-state index in [-0.39, 0.29) is 13.2 Å². The number of anilines is 1. The van der Waals surface area contributed by atoms with Gasteiger partial charge >= 0.3 is 18.0 Å². The lowest BCUT2D eigenvalue weighted by atomic mass is 10.1. The molecule has 0 aliphatic rings. The van der Waals surface area contributed by atoms with Gasteiger partial charge in [-0.2, -0.15) is 0 Å². The van der Waals surface area contributed by atoms with Gasteiger partial charge in [-0.1, -0.05) is 42.5 Å². The number of carbonyl (C=O) groups excluding carboxylic acids is 3. The van der Waals surface area contributed by atoms with Crippen molar-refractivity contribution in [3.63, 3.8) is 0 Å². The number of nitrogens with zero attached hydrogens (tertiary/aromatic N) is 1. The van der Waals surface area contributed by atoms with Crippen LogP contribution in [0.1, 0.15) is 24.5 Å². The summed E-state index contributed by atoms with van der Waals surface area (Å²) in [7, 11) is 1.19. The maximum absolute atomic E-state index is 12.3. The number of carbonyl (C=O) groups is 4. The van der Waals surface area contributed by atoms with Crippen LogP contribution in [-0.2, 0) is 37.0 Å². The molecule has 0 fully saturated rings. The molecule has 2 aromatic rings. The number of hydrogen-bond acceptors (Lipinski definition) is 6. The van der Waals surface area contributed by atoms with Crippen LogP contribution in [0, 0.1) is 0 Å². The first-order valence-corrected chi connectivity index (χ1v) is 9.46. The van der Waals surface area contributed by atoms with E-state index in [0.717, 1.165) is 10.5 Å². The highest BCUT2D eigenvalue weighted by Crippen LogP contribution is 2.15. The van der Waals surface area contributed by atoms with Crippen molar-refractivity contribution in [2.75, 3.05) is 12.4 Å². The van der Waals surface area contributed by atoms with Crippen LogP contribution in [0.2, 0.25) is 0 Å². The van der Waals surface area contributed by atoms with E-state index in [4.69, 9.17) is 9.84 Å². The lowest BCUT2D eigenvalue weighted by Crippen LogP contribution is -2.44. The van der Waals surface area contributed by atoms with Crippen LogP contribution in [0.25, 0.3) is 0 Å². The van der Waals surface area contributed by atoms with Gasteiger partial charge in [-0.25, -0.2) is 9.59 Å². The largest absolute Gasteiger partial charge is 0.481 e. The van der Waals surface area contributed by atoms with Gasteiger partial charge in [0.05, 0.1) is 7.11 Å². The highest BCUT2D eigenvalue weighted by molar-refractivity contribution is 5.95. The second kappa shape index (κ2) is 11.3. The number of rotatable bonds is 9. The predicted octanol–water partition coefficient (Wildman–Crippen LogP) is 2.80. The Morgan fingerprint density at radius 3 is 2.23 bits per heavy atom. The maximum Gasteiger partial charge on any atom is 0.411 e. The van der Waals surface area contributed by atoms with E-state index in [2.05, 4.69) is 10.1 Å². The molecule has 0 aromatic heterocycles. The lowest BCUT2D eigenvalue weighted by molar-refractivity contribution is -0.155. The van der Waals surface area contributed by atoms with Crippen LogP contribution in [0.15, 0.2) is 54.6 Å². The first-order valence-electron chi connectivity index (χ1n) is 9.46. The number of carboxylic acids is 1. The van der Waals surface area contributed by atoms with Crippen LogP contribution < -0.4 is 5.32 Å². The normalized spacial score (nSPS) is 11.2. The monoisotopic (exact) mass is 428 g/mol. The summed E-state index contributed by atoms with van der Waals surface area (Å²) in [5.41, 5.74) is 1.97. The Kier molecular flexibility index (Phi) is 8.56. The van der Waals surface area contributed by atoms with Crippen LogP contribution in [0.4, 0.5) is 10.5 Å². The predicted molar refractivity (Wildman–Crippen MR) is 111 cm³/mol. The summed E-state index contributed by atoms with van der Waals surface area (Å²) in [4.78, 5) is 48.1. The van der Waals surface area contributed by atoms with E-state index in [1.807, 2.05) is 30.3 Å². The van der Waals surface area contributed by atoms with E-state index >= 15 is 0 Å². The van der Waals surface area contributed by atoms with Crippen LogP contribution >= 0.6 is 0 Å². The minimum atomic E-state index is -1.29. The number of amides is 2. The smallest absolute Gasteiger partial charge is 0.411 e. The van der Waals surface area contributed by atoms with Crippen molar-refractivity contribution in [1.82, 2.24) is 4.90 Å². The summed E-state index contributed by atoms with van der Waals surface area (Å²) in [6, 6.07) is 14.8. The fourth-order valence-electron chi connectivity index (χ4n) is 2.74. The van der Waals surface area contributed by atoms with E-state index in [0.29, 0.717) is 11.3 Å². The molecule has 0 bridgehead atoms. The number of benzene rings is 2. The highest BCUT2D eigenvalue weighted by atomic mass is 16.5.